The molecule has 0 radical (unpaired) electrons. The maximum absolute atomic E-state index is 11.7. The van der Waals surface area contributed by atoms with Gasteiger partial charge >= 0.3 is 0 Å². The molecule has 0 saturated carbocycles. The van der Waals surface area contributed by atoms with Crippen molar-refractivity contribution in [3.63, 3.8) is 0 Å². The number of nitrogens with one attached hydrogen (secondary N) is 3. The Balaban J connectivity index is 2.36. The van der Waals surface area contributed by atoms with Crippen LogP contribution in [0.1, 0.15) is 33.1 Å². The molecule has 1 unspecified atom stereocenters. The molecular weight excluding hydrogens is 260 g/mol. The standard InChI is InChI=1S/C13H24N4O3/c1-8(2)11(14)13(20)16-7-10(18)17-9-5-3-4-6-15-12(9)19/h8-9,11H,3-7,14H2,1-2H3,(H,15,19)(H,16,20)(H,17,18)/t9?,11-/m0/s1. The van der Waals surface area contributed by atoms with Gasteiger partial charge in [0.05, 0.1) is 12.6 Å². The van der Waals surface area contributed by atoms with E-state index in [1.54, 1.807) is 0 Å². The molecule has 0 aromatic heterocycles. The summed E-state index contributed by atoms with van der Waals surface area (Å²) in [6.07, 6.45) is 2.42. The molecule has 0 spiro atoms. The van der Waals surface area contributed by atoms with Gasteiger partial charge in [-0.2, -0.15) is 0 Å². The molecule has 5 N–H and O–H groups in total. The van der Waals surface area contributed by atoms with Crippen molar-refractivity contribution in [2.24, 2.45) is 11.7 Å². The average Bonchev–Trinajstić information content (AvgIpc) is 2.60. The van der Waals surface area contributed by atoms with Crippen LogP contribution in [-0.4, -0.2) is 42.9 Å². The van der Waals surface area contributed by atoms with Gasteiger partial charge in [-0.25, -0.2) is 0 Å². The topological polar surface area (TPSA) is 113 Å². The lowest BCUT2D eigenvalue weighted by molar-refractivity contribution is -0.130. The Bertz CT molecular complexity index is 371. The smallest absolute Gasteiger partial charge is 0.242 e. The van der Waals surface area contributed by atoms with Crippen molar-refractivity contribution in [2.45, 2.75) is 45.2 Å². The van der Waals surface area contributed by atoms with Gasteiger partial charge in [0.15, 0.2) is 0 Å². The maximum Gasteiger partial charge on any atom is 0.242 e. The lowest BCUT2D eigenvalue weighted by Crippen LogP contribution is -2.51. The summed E-state index contributed by atoms with van der Waals surface area (Å²) in [6, 6.07) is -1.15. The summed E-state index contributed by atoms with van der Waals surface area (Å²) < 4.78 is 0. The summed E-state index contributed by atoms with van der Waals surface area (Å²) >= 11 is 0. The predicted octanol–water partition coefficient (Wildman–Crippen LogP) is -1.13. The van der Waals surface area contributed by atoms with Crippen LogP contribution in [0, 0.1) is 5.92 Å². The second-order valence-electron chi connectivity index (χ2n) is 5.39. The van der Waals surface area contributed by atoms with Gasteiger partial charge in [-0.1, -0.05) is 13.8 Å². The highest BCUT2D eigenvalue weighted by atomic mass is 16.2. The van der Waals surface area contributed by atoms with Crippen molar-refractivity contribution < 1.29 is 14.4 Å². The molecule has 1 fully saturated rings. The van der Waals surface area contributed by atoms with E-state index in [9.17, 15) is 14.4 Å². The minimum Gasteiger partial charge on any atom is -0.354 e. The van der Waals surface area contributed by atoms with Crippen molar-refractivity contribution in [3.8, 4) is 0 Å². The van der Waals surface area contributed by atoms with Crippen LogP contribution in [0.3, 0.4) is 0 Å². The van der Waals surface area contributed by atoms with Crippen molar-refractivity contribution in [2.75, 3.05) is 13.1 Å². The van der Waals surface area contributed by atoms with Gasteiger partial charge in [0, 0.05) is 6.54 Å². The van der Waals surface area contributed by atoms with Crippen LogP contribution < -0.4 is 21.7 Å². The largest absolute Gasteiger partial charge is 0.354 e. The third-order valence-electron chi connectivity index (χ3n) is 3.31. The number of hydrogen-bond acceptors (Lipinski definition) is 4. The van der Waals surface area contributed by atoms with Crippen LogP contribution in [0.4, 0.5) is 0 Å². The SMILES string of the molecule is CC(C)[C@H](N)C(=O)NCC(=O)NC1CCCCNC1=O. The van der Waals surface area contributed by atoms with E-state index in [-0.39, 0.29) is 30.2 Å². The Hall–Kier alpha value is -1.63. The fraction of sp³-hybridized carbons (Fsp3) is 0.769. The van der Waals surface area contributed by atoms with Gasteiger partial charge in [-0.05, 0) is 25.2 Å². The van der Waals surface area contributed by atoms with Crippen LogP contribution in [0.25, 0.3) is 0 Å². The highest BCUT2D eigenvalue weighted by Crippen LogP contribution is 2.05. The van der Waals surface area contributed by atoms with Gasteiger partial charge < -0.3 is 21.7 Å². The highest BCUT2D eigenvalue weighted by molar-refractivity contribution is 5.91. The van der Waals surface area contributed by atoms with E-state index in [0.29, 0.717) is 13.0 Å². The number of carbonyl (C=O) groups excluding carboxylic acids is 3. The first-order valence-electron chi connectivity index (χ1n) is 7.02. The Labute approximate surface area is 119 Å². The van der Waals surface area contributed by atoms with Crippen LogP contribution in [0.15, 0.2) is 0 Å². The minimum absolute atomic E-state index is 0.00527. The number of rotatable bonds is 5. The Morgan fingerprint density at radius 1 is 1.40 bits per heavy atom. The minimum atomic E-state index is -0.635. The number of hydrogen-bond donors (Lipinski definition) is 4. The Morgan fingerprint density at radius 3 is 2.75 bits per heavy atom. The van der Waals surface area contributed by atoms with Crippen LogP contribution >= 0.6 is 0 Å². The molecule has 0 aromatic carbocycles. The molecular formula is C13H24N4O3. The molecule has 1 rings (SSSR count). The van der Waals surface area contributed by atoms with E-state index in [1.165, 1.54) is 0 Å². The van der Waals surface area contributed by atoms with E-state index in [0.717, 1.165) is 12.8 Å². The first-order chi connectivity index (χ1) is 9.41. The zero-order chi connectivity index (χ0) is 15.1. The van der Waals surface area contributed by atoms with Crippen molar-refractivity contribution in [1.82, 2.24) is 16.0 Å². The second kappa shape index (κ2) is 7.84. The second-order valence-corrected chi connectivity index (χ2v) is 5.39. The van der Waals surface area contributed by atoms with E-state index < -0.39 is 12.1 Å². The molecule has 7 heteroatoms. The van der Waals surface area contributed by atoms with Gasteiger partial charge in [-0.3, -0.25) is 14.4 Å². The van der Waals surface area contributed by atoms with Gasteiger partial charge in [-0.15, -0.1) is 0 Å². The van der Waals surface area contributed by atoms with E-state index in [2.05, 4.69) is 16.0 Å². The molecule has 7 nitrogen and oxygen atoms in total. The Kier molecular flexibility index (Phi) is 6.44. The summed E-state index contributed by atoms with van der Waals surface area (Å²) in [7, 11) is 0. The van der Waals surface area contributed by atoms with Gasteiger partial charge in [0.25, 0.3) is 0 Å². The normalized spacial score (nSPS) is 20.8. The molecule has 2 atom stereocenters. The molecule has 3 amide bonds. The third kappa shape index (κ3) is 5.16. The number of amides is 3. The summed E-state index contributed by atoms with van der Waals surface area (Å²) in [6.45, 7) is 4.15. The molecule has 0 aromatic rings. The van der Waals surface area contributed by atoms with Crippen LogP contribution in [-0.2, 0) is 14.4 Å². The summed E-state index contributed by atoms with van der Waals surface area (Å²) in [5, 5.41) is 7.84. The highest BCUT2D eigenvalue weighted by Gasteiger charge is 2.23. The number of nitrogens with two attached hydrogens (primary N) is 1. The van der Waals surface area contributed by atoms with Crippen LogP contribution in [0.5, 0.6) is 0 Å². The van der Waals surface area contributed by atoms with Gasteiger partial charge in [0.2, 0.25) is 17.7 Å². The quantitative estimate of drug-likeness (QED) is 0.511. The molecule has 1 aliphatic rings. The molecule has 0 bridgehead atoms. The fourth-order valence-electron chi connectivity index (χ4n) is 1.91. The lowest BCUT2D eigenvalue weighted by Gasteiger charge is -2.17. The molecule has 0 aliphatic carbocycles. The lowest BCUT2D eigenvalue weighted by atomic mass is 10.1. The van der Waals surface area contributed by atoms with Crippen molar-refractivity contribution in [3.05, 3.63) is 0 Å². The zero-order valence-corrected chi connectivity index (χ0v) is 12.1. The summed E-state index contributed by atoms with van der Waals surface area (Å²) in [5.41, 5.74) is 5.67. The Morgan fingerprint density at radius 2 is 2.10 bits per heavy atom. The fourth-order valence-corrected chi connectivity index (χ4v) is 1.91. The predicted molar refractivity (Wildman–Crippen MR) is 74.6 cm³/mol. The third-order valence-corrected chi connectivity index (χ3v) is 3.31. The van der Waals surface area contributed by atoms with Crippen molar-refractivity contribution in [1.29, 1.82) is 0 Å². The first kappa shape index (κ1) is 16.4. The van der Waals surface area contributed by atoms with E-state index >= 15 is 0 Å². The first-order valence-corrected chi connectivity index (χ1v) is 7.02. The van der Waals surface area contributed by atoms with E-state index in [1.807, 2.05) is 13.8 Å². The van der Waals surface area contributed by atoms with E-state index in [4.69, 9.17) is 5.73 Å². The maximum atomic E-state index is 11.7. The zero-order valence-electron chi connectivity index (χ0n) is 12.1. The van der Waals surface area contributed by atoms with Crippen LogP contribution in [0.2, 0.25) is 0 Å². The molecule has 1 saturated heterocycles. The molecule has 114 valence electrons. The number of carbonyl (C=O) groups is 3. The summed E-state index contributed by atoms with van der Waals surface area (Å²) in [5.74, 6) is -0.899. The molecule has 1 aliphatic heterocycles. The molecule has 20 heavy (non-hydrogen) atoms. The van der Waals surface area contributed by atoms with Gasteiger partial charge in [0.1, 0.15) is 6.04 Å². The monoisotopic (exact) mass is 284 g/mol. The average molecular weight is 284 g/mol. The summed E-state index contributed by atoms with van der Waals surface area (Å²) in [4.78, 5) is 35.0. The van der Waals surface area contributed by atoms with Crippen molar-refractivity contribution >= 4 is 17.7 Å². The molecule has 1 heterocycles.